The highest BCUT2D eigenvalue weighted by Gasteiger charge is 2.21. The molecule has 3 heterocycles. The van der Waals surface area contributed by atoms with Gasteiger partial charge in [0.2, 0.25) is 0 Å². The van der Waals surface area contributed by atoms with Crippen LogP contribution in [0.2, 0.25) is 0 Å². The van der Waals surface area contributed by atoms with Crippen LogP contribution in [0.5, 0.6) is 0 Å². The van der Waals surface area contributed by atoms with Gasteiger partial charge in [-0.2, -0.15) is 0 Å². The largest absolute Gasteiger partial charge is 0.399 e. The van der Waals surface area contributed by atoms with E-state index in [-0.39, 0.29) is 0 Å². The maximum Gasteiger partial charge on any atom is 0.139 e. The van der Waals surface area contributed by atoms with Crippen molar-refractivity contribution in [2.75, 3.05) is 25.4 Å². The van der Waals surface area contributed by atoms with Crippen molar-refractivity contribution >= 4 is 11.3 Å². The molecule has 0 spiro atoms. The molecule has 3 rings (SSSR count). The summed E-state index contributed by atoms with van der Waals surface area (Å²) < 4.78 is 2.07. The van der Waals surface area contributed by atoms with Crippen molar-refractivity contribution in [1.82, 2.24) is 14.3 Å². The van der Waals surface area contributed by atoms with Gasteiger partial charge in [-0.15, -0.1) is 0 Å². The van der Waals surface area contributed by atoms with Gasteiger partial charge < -0.3 is 15.0 Å². The number of piperidine rings is 1. The minimum Gasteiger partial charge on any atom is -0.399 e. The van der Waals surface area contributed by atoms with Gasteiger partial charge in [0.25, 0.3) is 0 Å². The van der Waals surface area contributed by atoms with E-state index in [1.165, 1.54) is 31.6 Å². The Hall–Kier alpha value is -1.55. The Bertz CT molecular complexity index is 538. The van der Waals surface area contributed by atoms with Crippen molar-refractivity contribution in [3.8, 4) is 0 Å². The number of nitrogens with two attached hydrogens (primary N) is 1. The smallest absolute Gasteiger partial charge is 0.139 e. The van der Waals surface area contributed by atoms with E-state index in [1.807, 2.05) is 18.3 Å². The van der Waals surface area contributed by atoms with Crippen molar-refractivity contribution in [2.24, 2.45) is 0 Å². The van der Waals surface area contributed by atoms with E-state index in [2.05, 4.69) is 22.4 Å². The second-order valence-corrected chi connectivity index (χ2v) is 5.10. The second-order valence-electron chi connectivity index (χ2n) is 5.10. The van der Waals surface area contributed by atoms with Crippen molar-refractivity contribution in [1.29, 1.82) is 0 Å². The fraction of sp³-hybridized carbons (Fsp3) is 0.500. The van der Waals surface area contributed by atoms with Gasteiger partial charge in [0.05, 0.1) is 5.69 Å². The van der Waals surface area contributed by atoms with Crippen LogP contribution in [0.1, 0.15) is 31.4 Å². The molecule has 18 heavy (non-hydrogen) atoms. The third-order valence-corrected chi connectivity index (χ3v) is 3.96. The average Bonchev–Trinajstić information content (AvgIpc) is 2.81. The summed E-state index contributed by atoms with van der Waals surface area (Å²) in [5.74, 6) is 0.605. The van der Waals surface area contributed by atoms with Crippen molar-refractivity contribution in [3.63, 3.8) is 0 Å². The van der Waals surface area contributed by atoms with Crippen LogP contribution in [-0.2, 0) is 0 Å². The van der Waals surface area contributed by atoms with E-state index in [0.29, 0.717) is 5.92 Å². The Balaban J connectivity index is 1.82. The molecule has 1 aliphatic heterocycles. The SMILES string of the molecule is CCN1CCC(c2cn3ccc(N)cc3n2)CC1. The third kappa shape index (κ3) is 2.08. The molecule has 0 unspecified atom stereocenters. The number of hydrogen-bond donors (Lipinski definition) is 1. The van der Waals surface area contributed by atoms with Gasteiger partial charge in [-0.3, -0.25) is 0 Å². The molecule has 2 aromatic rings. The van der Waals surface area contributed by atoms with Crippen molar-refractivity contribution in [3.05, 3.63) is 30.2 Å². The molecule has 0 amide bonds. The Morgan fingerprint density at radius 1 is 1.39 bits per heavy atom. The molecule has 0 saturated carbocycles. The number of nitrogens with zero attached hydrogens (tertiary/aromatic N) is 3. The standard InChI is InChI=1S/C14H20N4/c1-2-17-6-3-11(4-7-17)13-10-18-8-5-12(15)9-14(18)16-13/h5,8-11H,2-4,6-7,15H2,1H3. The summed E-state index contributed by atoms with van der Waals surface area (Å²) in [5, 5.41) is 0. The molecule has 1 saturated heterocycles. The molecule has 2 N–H and O–H groups in total. The molecule has 2 aromatic heterocycles. The molecule has 4 heteroatoms. The highest BCUT2D eigenvalue weighted by molar-refractivity contribution is 5.52. The molecule has 1 fully saturated rings. The number of hydrogen-bond acceptors (Lipinski definition) is 3. The van der Waals surface area contributed by atoms with E-state index >= 15 is 0 Å². The normalized spacial score (nSPS) is 18.5. The molecule has 0 aromatic carbocycles. The predicted molar refractivity (Wildman–Crippen MR) is 73.7 cm³/mol. The van der Waals surface area contributed by atoms with E-state index in [9.17, 15) is 0 Å². The minimum absolute atomic E-state index is 0.605. The van der Waals surface area contributed by atoms with Crippen LogP contribution >= 0.6 is 0 Å². The number of imidazole rings is 1. The first-order chi connectivity index (χ1) is 8.76. The number of anilines is 1. The number of fused-ring (bicyclic) bond motifs is 1. The number of rotatable bonds is 2. The number of likely N-dealkylation sites (tertiary alicyclic amines) is 1. The first-order valence-electron chi connectivity index (χ1n) is 6.72. The monoisotopic (exact) mass is 244 g/mol. The Labute approximate surface area is 107 Å². The quantitative estimate of drug-likeness (QED) is 0.880. The third-order valence-electron chi connectivity index (χ3n) is 3.96. The topological polar surface area (TPSA) is 46.6 Å². The van der Waals surface area contributed by atoms with Crippen LogP contribution in [0.4, 0.5) is 5.69 Å². The number of nitrogen functional groups attached to an aromatic ring is 1. The Kier molecular flexibility index (Phi) is 2.96. The van der Waals surface area contributed by atoms with Crippen LogP contribution in [0.15, 0.2) is 24.5 Å². The van der Waals surface area contributed by atoms with Crippen molar-refractivity contribution < 1.29 is 0 Å². The van der Waals surface area contributed by atoms with Gasteiger partial charge in [0.1, 0.15) is 5.65 Å². The fourth-order valence-corrected chi connectivity index (χ4v) is 2.76. The zero-order valence-electron chi connectivity index (χ0n) is 10.8. The van der Waals surface area contributed by atoms with Crippen LogP contribution in [-0.4, -0.2) is 33.9 Å². The fourth-order valence-electron chi connectivity index (χ4n) is 2.76. The van der Waals surface area contributed by atoms with Gasteiger partial charge in [0.15, 0.2) is 0 Å². The first kappa shape index (κ1) is 11.5. The summed E-state index contributed by atoms with van der Waals surface area (Å²) in [7, 11) is 0. The summed E-state index contributed by atoms with van der Waals surface area (Å²) in [5.41, 5.74) is 8.75. The summed E-state index contributed by atoms with van der Waals surface area (Å²) in [6.07, 6.45) is 6.57. The van der Waals surface area contributed by atoms with Gasteiger partial charge in [-0.1, -0.05) is 6.92 Å². The molecule has 4 nitrogen and oxygen atoms in total. The zero-order chi connectivity index (χ0) is 12.5. The molecule has 1 aliphatic rings. The van der Waals surface area contributed by atoms with Gasteiger partial charge in [-0.25, -0.2) is 4.98 Å². The van der Waals surface area contributed by atoms with Gasteiger partial charge >= 0.3 is 0 Å². The summed E-state index contributed by atoms with van der Waals surface area (Å²) in [4.78, 5) is 7.22. The number of aromatic nitrogens is 2. The summed E-state index contributed by atoms with van der Waals surface area (Å²) >= 11 is 0. The highest BCUT2D eigenvalue weighted by Crippen LogP contribution is 2.27. The lowest BCUT2D eigenvalue weighted by Gasteiger charge is -2.30. The van der Waals surface area contributed by atoms with E-state index < -0.39 is 0 Å². The minimum atomic E-state index is 0.605. The Morgan fingerprint density at radius 3 is 2.89 bits per heavy atom. The molecular weight excluding hydrogens is 224 g/mol. The lowest BCUT2D eigenvalue weighted by molar-refractivity contribution is 0.221. The molecule has 0 atom stereocenters. The predicted octanol–water partition coefficient (Wildman–Crippen LogP) is 2.12. The van der Waals surface area contributed by atoms with Crippen molar-refractivity contribution in [2.45, 2.75) is 25.7 Å². The molecule has 96 valence electrons. The zero-order valence-corrected chi connectivity index (χ0v) is 10.8. The van der Waals surface area contributed by atoms with Crippen LogP contribution in [0, 0.1) is 0 Å². The van der Waals surface area contributed by atoms with E-state index in [0.717, 1.165) is 17.9 Å². The summed E-state index contributed by atoms with van der Waals surface area (Å²) in [6.45, 7) is 5.77. The van der Waals surface area contributed by atoms with Crippen LogP contribution in [0.25, 0.3) is 5.65 Å². The second kappa shape index (κ2) is 4.61. The lowest BCUT2D eigenvalue weighted by Crippen LogP contribution is -2.32. The van der Waals surface area contributed by atoms with Crippen LogP contribution < -0.4 is 5.73 Å². The van der Waals surface area contributed by atoms with Crippen LogP contribution in [0.3, 0.4) is 0 Å². The molecule has 0 radical (unpaired) electrons. The maximum atomic E-state index is 5.79. The Morgan fingerprint density at radius 2 is 2.17 bits per heavy atom. The molecule has 0 bridgehead atoms. The van der Waals surface area contributed by atoms with E-state index in [1.54, 1.807) is 0 Å². The van der Waals surface area contributed by atoms with E-state index in [4.69, 9.17) is 10.7 Å². The first-order valence-corrected chi connectivity index (χ1v) is 6.72. The average molecular weight is 244 g/mol. The molecular formula is C14H20N4. The van der Waals surface area contributed by atoms with Gasteiger partial charge in [-0.05, 0) is 38.5 Å². The lowest BCUT2D eigenvalue weighted by atomic mass is 9.94. The molecule has 0 aliphatic carbocycles. The highest BCUT2D eigenvalue weighted by atomic mass is 15.1. The maximum absolute atomic E-state index is 5.79. The number of pyridine rings is 1. The summed E-state index contributed by atoms with van der Waals surface area (Å²) in [6, 6.07) is 3.85. The van der Waals surface area contributed by atoms with Gasteiger partial charge in [0, 0.05) is 30.1 Å².